The minimum Gasteiger partial charge on any atom is -0.345 e. The van der Waals surface area contributed by atoms with Gasteiger partial charge in [-0.05, 0) is 57.7 Å². The van der Waals surface area contributed by atoms with Crippen molar-refractivity contribution in [3.63, 3.8) is 0 Å². The normalized spacial score (nSPS) is 15.2. The van der Waals surface area contributed by atoms with Gasteiger partial charge in [0.2, 0.25) is 0 Å². The zero-order valence-corrected chi connectivity index (χ0v) is 15.6. The van der Waals surface area contributed by atoms with Crippen LogP contribution in [0.2, 0.25) is 0 Å². The minimum absolute atomic E-state index is 0.0872. The van der Waals surface area contributed by atoms with Crippen LogP contribution in [0, 0.1) is 20.8 Å². The Hall–Kier alpha value is -2.69. The SMILES string of the molecule is Cc1ccc([C@H](C)NC(=O)c2cc(C3CC3)nc3onc(C)c23)c(C)c1. The molecular formula is C21H23N3O2. The number of nitrogens with one attached hydrogen (secondary N) is 1. The second kappa shape index (κ2) is 6.24. The molecule has 1 fully saturated rings. The first-order chi connectivity index (χ1) is 12.4. The molecule has 0 radical (unpaired) electrons. The molecule has 3 aromatic rings. The third kappa shape index (κ3) is 2.98. The predicted octanol–water partition coefficient (Wildman–Crippen LogP) is 4.52. The van der Waals surface area contributed by atoms with Crippen LogP contribution >= 0.6 is 0 Å². The van der Waals surface area contributed by atoms with Crippen LogP contribution in [0.3, 0.4) is 0 Å². The van der Waals surface area contributed by atoms with E-state index in [1.54, 1.807) is 0 Å². The number of carbonyl (C=O) groups excluding carboxylic acids is 1. The topological polar surface area (TPSA) is 68.0 Å². The third-order valence-corrected chi connectivity index (χ3v) is 5.12. The molecular weight excluding hydrogens is 326 g/mol. The average Bonchev–Trinajstić information content (AvgIpc) is 3.38. The molecule has 4 rings (SSSR count). The number of rotatable bonds is 4. The number of benzene rings is 1. The van der Waals surface area contributed by atoms with Crippen LogP contribution in [0.4, 0.5) is 0 Å². The van der Waals surface area contributed by atoms with Crippen LogP contribution < -0.4 is 5.32 Å². The lowest BCUT2D eigenvalue weighted by Gasteiger charge is -2.17. The summed E-state index contributed by atoms with van der Waals surface area (Å²) in [6.45, 7) is 8.00. The molecule has 1 aliphatic carbocycles. The molecule has 2 aromatic heterocycles. The highest BCUT2D eigenvalue weighted by atomic mass is 16.5. The van der Waals surface area contributed by atoms with Gasteiger partial charge < -0.3 is 9.84 Å². The first-order valence-corrected chi connectivity index (χ1v) is 9.09. The lowest BCUT2D eigenvalue weighted by molar-refractivity contribution is 0.0941. The van der Waals surface area contributed by atoms with Crippen LogP contribution in [0.15, 0.2) is 28.8 Å². The van der Waals surface area contributed by atoms with Gasteiger partial charge in [0.1, 0.15) is 0 Å². The van der Waals surface area contributed by atoms with Gasteiger partial charge in [-0.15, -0.1) is 0 Å². The van der Waals surface area contributed by atoms with E-state index in [1.807, 2.05) is 19.9 Å². The first-order valence-electron chi connectivity index (χ1n) is 9.09. The van der Waals surface area contributed by atoms with Crippen LogP contribution in [0.25, 0.3) is 11.1 Å². The lowest BCUT2D eigenvalue weighted by atomic mass is 9.99. The van der Waals surface area contributed by atoms with Crippen molar-refractivity contribution in [1.82, 2.24) is 15.5 Å². The van der Waals surface area contributed by atoms with E-state index in [-0.39, 0.29) is 11.9 Å². The number of nitrogens with zero attached hydrogens (tertiary/aromatic N) is 2. The second-order valence-corrected chi connectivity index (χ2v) is 7.37. The molecule has 0 spiro atoms. The Morgan fingerprint density at radius 3 is 2.69 bits per heavy atom. The second-order valence-electron chi connectivity index (χ2n) is 7.37. The van der Waals surface area contributed by atoms with E-state index in [2.05, 4.69) is 47.5 Å². The molecule has 1 N–H and O–H groups in total. The Labute approximate surface area is 152 Å². The Bertz CT molecular complexity index is 1000. The number of aromatic nitrogens is 2. The molecule has 5 nitrogen and oxygen atoms in total. The Balaban J connectivity index is 1.68. The maximum Gasteiger partial charge on any atom is 0.259 e. The molecule has 0 bridgehead atoms. The van der Waals surface area contributed by atoms with Crippen molar-refractivity contribution in [3.05, 3.63) is 57.9 Å². The fraction of sp³-hybridized carbons (Fsp3) is 0.381. The summed E-state index contributed by atoms with van der Waals surface area (Å²) in [6.07, 6.45) is 2.23. The van der Waals surface area contributed by atoms with Crippen LogP contribution in [-0.2, 0) is 0 Å². The summed E-state index contributed by atoms with van der Waals surface area (Å²) in [5, 5.41) is 7.84. The monoisotopic (exact) mass is 349 g/mol. The Kier molecular flexibility index (Phi) is 4.02. The molecule has 1 aromatic carbocycles. The van der Waals surface area contributed by atoms with E-state index in [0.717, 1.165) is 24.1 Å². The van der Waals surface area contributed by atoms with E-state index in [0.29, 0.717) is 28.3 Å². The summed E-state index contributed by atoms with van der Waals surface area (Å²) in [5.41, 5.74) is 6.20. The summed E-state index contributed by atoms with van der Waals surface area (Å²) in [5.74, 6) is 0.325. The van der Waals surface area contributed by atoms with Crippen molar-refractivity contribution < 1.29 is 9.32 Å². The molecule has 5 heteroatoms. The molecule has 0 saturated heterocycles. The molecule has 0 aliphatic heterocycles. The van der Waals surface area contributed by atoms with Crippen molar-refractivity contribution in [2.24, 2.45) is 0 Å². The standard InChI is InChI=1S/C21H23N3O2/c1-11-5-8-16(12(2)9-11)13(3)22-20(25)17-10-18(15-6-7-15)23-21-19(17)14(4)24-26-21/h5,8-10,13,15H,6-7H2,1-4H3,(H,22,25)/t13-/m0/s1. The highest BCUT2D eigenvalue weighted by Crippen LogP contribution is 2.40. The molecule has 2 heterocycles. The number of hydrogen-bond donors (Lipinski definition) is 1. The van der Waals surface area contributed by atoms with Crippen LogP contribution in [0.1, 0.15) is 70.2 Å². The quantitative estimate of drug-likeness (QED) is 0.752. The smallest absolute Gasteiger partial charge is 0.259 e. The number of fused-ring (bicyclic) bond motifs is 1. The summed E-state index contributed by atoms with van der Waals surface area (Å²) in [7, 11) is 0. The molecule has 1 amide bonds. The minimum atomic E-state index is -0.113. The summed E-state index contributed by atoms with van der Waals surface area (Å²) < 4.78 is 5.34. The number of amides is 1. The zero-order chi connectivity index (χ0) is 18.4. The fourth-order valence-electron chi connectivity index (χ4n) is 3.54. The van der Waals surface area contributed by atoms with Crippen molar-refractivity contribution in [2.45, 2.75) is 52.5 Å². The van der Waals surface area contributed by atoms with Crippen molar-refractivity contribution >= 4 is 17.0 Å². The molecule has 26 heavy (non-hydrogen) atoms. The van der Waals surface area contributed by atoms with E-state index >= 15 is 0 Å². The predicted molar refractivity (Wildman–Crippen MR) is 100 cm³/mol. The van der Waals surface area contributed by atoms with Gasteiger partial charge in [-0.2, -0.15) is 0 Å². The Morgan fingerprint density at radius 2 is 2.00 bits per heavy atom. The number of pyridine rings is 1. The summed E-state index contributed by atoms with van der Waals surface area (Å²) in [4.78, 5) is 17.6. The molecule has 134 valence electrons. The van der Waals surface area contributed by atoms with Gasteiger partial charge in [0.15, 0.2) is 0 Å². The van der Waals surface area contributed by atoms with Gasteiger partial charge in [0, 0.05) is 11.6 Å². The average molecular weight is 349 g/mol. The molecule has 0 unspecified atom stereocenters. The molecule has 1 aliphatic rings. The van der Waals surface area contributed by atoms with Gasteiger partial charge in [-0.25, -0.2) is 4.98 Å². The van der Waals surface area contributed by atoms with Gasteiger partial charge in [0.05, 0.1) is 22.7 Å². The van der Waals surface area contributed by atoms with E-state index in [1.165, 1.54) is 11.1 Å². The van der Waals surface area contributed by atoms with Crippen molar-refractivity contribution in [3.8, 4) is 0 Å². The third-order valence-electron chi connectivity index (χ3n) is 5.12. The van der Waals surface area contributed by atoms with Gasteiger partial charge >= 0.3 is 0 Å². The number of carbonyl (C=O) groups is 1. The molecule has 1 atom stereocenters. The van der Waals surface area contributed by atoms with Gasteiger partial charge in [-0.3, -0.25) is 4.79 Å². The van der Waals surface area contributed by atoms with E-state index in [9.17, 15) is 4.79 Å². The maximum absolute atomic E-state index is 13.1. The van der Waals surface area contributed by atoms with Crippen LogP contribution in [0.5, 0.6) is 0 Å². The van der Waals surface area contributed by atoms with E-state index < -0.39 is 0 Å². The highest BCUT2D eigenvalue weighted by molar-refractivity contribution is 6.06. The highest BCUT2D eigenvalue weighted by Gasteiger charge is 2.29. The Morgan fingerprint density at radius 1 is 1.23 bits per heavy atom. The molecule has 1 saturated carbocycles. The number of aryl methyl sites for hydroxylation is 3. The zero-order valence-electron chi connectivity index (χ0n) is 15.6. The van der Waals surface area contributed by atoms with Gasteiger partial charge in [0.25, 0.3) is 11.6 Å². The summed E-state index contributed by atoms with van der Waals surface area (Å²) in [6, 6.07) is 8.12. The van der Waals surface area contributed by atoms with Gasteiger partial charge in [-0.1, -0.05) is 28.9 Å². The summed E-state index contributed by atoms with van der Waals surface area (Å²) >= 11 is 0. The van der Waals surface area contributed by atoms with Crippen molar-refractivity contribution in [2.75, 3.05) is 0 Å². The van der Waals surface area contributed by atoms with Crippen molar-refractivity contribution in [1.29, 1.82) is 0 Å². The van der Waals surface area contributed by atoms with E-state index in [4.69, 9.17) is 4.52 Å². The lowest BCUT2D eigenvalue weighted by Crippen LogP contribution is -2.27. The first kappa shape index (κ1) is 16.8. The largest absolute Gasteiger partial charge is 0.345 e. The fourth-order valence-corrected chi connectivity index (χ4v) is 3.54. The van der Waals surface area contributed by atoms with Crippen LogP contribution in [-0.4, -0.2) is 16.0 Å². The number of hydrogen-bond acceptors (Lipinski definition) is 4. The maximum atomic E-state index is 13.1.